The van der Waals surface area contributed by atoms with Crippen molar-refractivity contribution >= 4 is 11.8 Å². The highest BCUT2D eigenvalue weighted by Gasteiger charge is 2.51. The van der Waals surface area contributed by atoms with E-state index in [9.17, 15) is 9.90 Å². The van der Waals surface area contributed by atoms with Gasteiger partial charge in [-0.15, -0.1) is 0 Å². The average molecular weight is 463 g/mol. The van der Waals surface area contributed by atoms with E-state index in [1.165, 1.54) is 0 Å². The van der Waals surface area contributed by atoms with E-state index in [1.807, 2.05) is 47.5 Å². The van der Waals surface area contributed by atoms with Gasteiger partial charge in [0, 0.05) is 49.7 Å². The summed E-state index contributed by atoms with van der Waals surface area (Å²) >= 11 is 0. The lowest BCUT2D eigenvalue weighted by atomic mass is 9.86. The van der Waals surface area contributed by atoms with Crippen molar-refractivity contribution in [2.45, 2.75) is 24.9 Å². The van der Waals surface area contributed by atoms with Crippen LogP contribution in [0.4, 0.5) is 10.6 Å². The topological polar surface area (TPSA) is 97.8 Å². The van der Waals surface area contributed by atoms with Crippen LogP contribution in [0.3, 0.4) is 0 Å². The Balaban J connectivity index is 1.42. The van der Waals surface area contributed by atoms with Gasteiger partial charge in [0.25, 0.3) is 0 Å². The first-order valence-electron chi connectivity index (χ1n) is 11.6. The number of likely N-dealkylation sites (tertiary alicyclic amines) is 1. The van der Waals surface area contributed by atoms with E-state index in [2.05, 4.69) is 20.1 Å². The van der Waals surface area contributed by atoms with Gasteiger partial charge in [0.1, 0.15) is 11.6 Å². The molecule has 2 aliphatic rings. The molecule has 1 aromatic carbocycles. The first-order valence-corrected chi connectivity index (χ1v) is 11.6. The molecule has 0 bridgehead atoms. The van der Waals surface area contributed by atoms with Crippen molar-refractivity contribution in [3.63, 3.8) is 0 Å². The van der Waals surface area contributed by atoms with Gasteiger partial charge in [-0.3, -0.25) is 10.00 Å². The van der Waals surface area contributed by atoms with Gasteiger partial charge in [-0.05, 0) is 42.7 Å². The van der Waals surface area contributed by atoms with Crippen molar-refractivity contribution in [2.75, 3.05) is 44.8 Å². The fourth-order valence-electron chi connectivity index (χ4n) is 5.05. The summed E-state index contributed by atoms with van der Waals surface area (Å²) in [6.45, 7) is 3.63. The first kappa shape index (κ1) is 22.4. The van der Waals surface area contributed by atoms with Crippen molar-refractivity contribution in [2.24, 2.45) is 0 Å². The zero-order valence-electron chi connectivity index (χ0n) is 19.4. The van der Waals surface area contributed by atoms with E-state index >= 15 is 0 Å². The van der Waals surface area contributed by atoms with Crippen molar-refractivity contribution < 1.29 is 14.6 Å². The number of methoxy groups -OCH3 is 1. The predicted octanol–water partition coefficient (Wildman–Crippen LogP) is 2.75. The van der Waals surface area contributed by atoms with E-state index in [0.29, 0.717) is 25.5 Å². The summed E-state index contributed by atoms with van der Waals surface area (Å²) in [6.07, 6.45) is 7.07. The minimum Gasteiger partial charge on any atom is -0.497 e. The minimum absolute atomic E-state index is 0.0259. The molecule has 0 atom stereocenters. The Labute approximate surface area is 199 Å². The highest BCUT2D eigenvalue weighted by molar-refractivity contribution is 5.94. The lowest BCUT2D eigenvalue weighted by molar-refractivity contribution is 0.0640. The Bertz CT molecular complexity index is 1110. The average Bonchev–Trinajstić information content (AvgIpc) is 3.50. The maximum atomic E-state index is 13.8. The largest absolute Gasteiger partial charge is 0.497 e. The molecule has 2 N–H and O–H groups in total. The third-order valence-corrected chi connectivity index (χ3v) is 7.02. The van der Waals surface area contributed by atoms with Crippen LogP contribution < -0.4 is 9.64 Å². The molecule has 3 aromatic rings. The molecule has 2 fully saturated rings. The number of aromatic nitrogens is 3. The molecule has 9 nitrogen and oxygen atoms in total. The molecule has 178 valence electrons. The number of nitrogens with zero attached hydrogens (tertiary/aromatic N) is 5. The molecule has 9 heteroatoms. The Morgan fingerprint density at radius 2 is 2.00 bits per heavy atom. The molecule has 2 amide bonds. The summed E-state index contributed by atoms with van der Waals surface area (Å²) in [6, 6.07) is 11.7. The van der Waals surface area contributed by atoms with E-state index in [-0.39, 0.29) is 18.2 Å². The number of rotatable bonds is 7. The molecular formula is C25H30N6O3. The molecule has 2 saturated heterocycles. The van der Waals surface area contributed by atoms with Gasteiger partial charge < -0.3 is 19.6 Å². The van der Waals surface area contributed by atoms with Gasteiger partial charge in [0.05, 0.1) is 32.0 Å². The Morgan fingerprint density at radius 3 is 2.68 bits per heavy atom. The van der Waals surface area contributed by atoms with Crippen LogP contribution in [0, 0.1) is 0 Å². The van der Waals surface area contributed by atoms with E-state index < -0.39 is 0 Å². The Morgan fingerprint density at radius 1 is 1.15 bits per heavy atom. The van der Waals surface area contributed by atoms with Crippen LogP contribution in [-0.4, -0.2) is 81.6 Å². The molecule has 0 radical (unpaired) electrons. The molecule has 4 heterocycles. The van der Waals surface area contributed by atoms with Crippen LogP contribution in [-0.2, 0) is 6.54 Å². The van der Waals surface area contributed by atoms with Crippen LogP contribution >= 0.6 is 0 Å². The summed E-state index contributed by atoms with van der Waals surface area (Å²) in [5.74, 6) is 1.44. The number of hydrogen-bond donors (Lipinski definition) is 2. The number of piperidine rings is 1. The number of benzene rings is 1. The number of aromatic amines is 1. The van der Waals surface area contributed by atoms with Gasteiger partial charge in [-0.2, -0.15) is 5.10 Å². The normalized spacial score (nSPS) is 18.1. The minimum atomic E-state index is -0.281. The molecule has 2 aromatic heterocycles. The standard InChI is InChI=1S/C25H30N6O3/c1-34-22-4-2-3-19(13-22)17-31-24(33)30(18-25(31)7-9-29(10-8-25)11-12-32)23-6-5-20(14-26-23)21-15-27-28-16-21/h2-6,13-16,32H,7-12,17-18H2,1H3,(H,27,28). The second kappa shape index (κ2) is 9.44. The molecule has 1 spiro atoms. The van der Waals surface area contributed by atoms with Crippen molar-refractivity contribution in [3.05, 3.63) is 60.6 Å². The predicted molar refractivity (Wildman–Crippen MR) is 129 cm³/mol. The van der Waals surface area contributed by atoms with Gasteiger partial charge >= 0.3 is 6.03 Å². The van der Waals surface area contributed by atoms with E-state index in [4.69, 9.17) is 4.74 Å². The summed E-state index contributed by atoms with van der Waals surface area (Å²) in [5.41, 5.74) is 2.66. The van der Waals surface area contributed by atoms with Crippen LogP contribution in [0.5, 0.6) is 5.75 Å². The smallest absolute Gasteiger partial charge is 0.326 e. The molecule has 0 unspecified atom stereocenters. The van der Waals surface area contributed by atoms with Crippen molar-refractivity contribution in [1.29, 1.82) is 0 Å². The third-order valence-electron chi connectivity index (χ3n) is 7.02. The van der Waals surface area contributed by atoms with Crippen LogP contribution in [0.2, 0.25) is 0 Å². The SMILES string of the molecule is COc1cccc(CN2C(=O)N(c3ccc(-c4cn[nH]c4)cn3)CC23CCN(CCO)CC3)c1. The Hall–Kier alpha value is -3.43. The number of aliphatic hydroxyl groups is 1. The number of hydrogen-bond acceptors (Lipinski definition) is 6. The lowest BCUT2D eigenvalue weighted by Crippen LogP contribution is -2.54. The number of aliphatic hydroxyl groups excluding tert-OH is 1. The fraction of sp³-hybridized carbons (Fsp3) is 0.400. The molecular weight excluding hydrogens is 432 g/mol. The maximum Gasteiger partial charge on any atom is 0.326 e. The monoisotopic (exact) mass is 462 g/mol. The number of pyridine rings is 1. The molecule has 2 aliphatic heterocycles. The third kappa shape index (κ3) is 4.24. The number of nitrogens with one attached hydrogen (secondary N) is 1. The maximum absolute atomic E-state index is 13.8. The lowest BCUT2D eigenvalue weighted by Gasteiger charge is -2.43. The van der Waals surface area contributed by atoms with E-state index in [0.717, 1.165) is 48.4 Å². The second-order valence-electron chi connectivity index (χ2n) is 8.99. The number of urea groups is 1. The van der Waals surface area contributed by atoms with Crippen LogP contribution in [0.15, 0.2) is 55.0 Å². The second-order valence-corrected chi connectivity index (χ2v) is 8.99. The van der Waals surface area contributed by atoms with Crippen LogP contribution in [0.1, 0.15) is 18.4 Å². The quantitative estimate of drug-likeness (QED) is 0.560. The number of β-amino-alcohol motifs (C(OH)–C–C–N with tert-alkyl or cyclic N) is 1. The van der Waals surface area contributed by atoms with E-state index in [1.54, 1.807) is 24.4 Å². The summed E-state index contributed by atoms with van der Waals surface area (Å²) in [7, 11) is 1.65. The number of H-pyrrole nitrogens is 1. The number of anilines is 1. The van der Waals surface area contributed by atoms with Crippen molar-refractivity contribution in [3.8, 4) is 16.9 Å². The van der Waals surface area contributed by atoms with Crippen LogP contribution in [0.25, 0.3) is 11.1 Å². The first-order chi connectivity index (χ1) is 16.6. The Kier molecular flexibility index (Phi) is 6.21. The number of ether oxygens (including phenoxy) is 1. The van der Waals surface area contributed by atoms with Crippen molar-refractivity contribution in [1.82, 2.24) is 25.0 Å². The zero-order valence-corrected chi connectivity index (χ0v) is 19.4. The van der Waals surface area contributed by atoms with Gasteiger partial charge in [0.15, 0.2) is 0 Å². The molecule has 34 heavy (non-hydrogen) atoms. The molecule has 0 saturated carbocycles. The summed E-state index contributed by atoms with van der Waals surface area (Å²) in [5, 5.41) is 16.2. The molecule has 5 rings (SSSR count). The number of carbonyl (C=O) groups excluding carboxylic acids is 1. The zero-order chi connectivity index (χ0) is 23.5. The molecule has 0 aliphatic carbocycles. The highest BCUT2D eigenvalue weighted by Crippen LogP contribution is 2.39. The summed E-state index contributed by atoms with van der Waals surface area (Å²) in [4.78, 5) is 24.5. The number of amides is 2. The van der Waals surface area contributed by atoms with Gasteiger partial charge in [0.2, 0.25) is 0 Å². The fourth-order valence-corrected chi connectivity index (χ4v) is 5.05. The van der Waals surface area contributed by atoms with Gasteiger partial charge in [-0.1, -0.05) is 12.1 Å². The number of carbonyl (C=O) groups is 1. The highest BCUT2D eigenvalue weighted by atomic mass is 16.5. The van der Waals surface area contributed by atoms with Gasteiger partial charge in [-0.25, -0.2) is 9.78 Å². The summed E-state index contributed by atoms with van der Waals surface area (Å²) < 4.78 is 5.40.